The fraction of sp³-hybridized carbons (Fsp3) is 0.185. The second-order valence-electron chi connectivity index (χ2n) is 7.74. The normalized spacial score (nSPS) is 15.8. The van der Waals surface area contributed by atoms with Crippen molar-refractivity contribution in [2.75, 3.05) is 0 Å². The Kier molecular flexibility index (Phi) is 7.87. The molecule has 0 unspecified atom stereocenters. The fourth-order valence-corrected chi connectivity index (χ4v) is 4.24. The topological polar surface area (TPSA) is 50.7 Å². The number of carbonyl (C=O) groups is 1. The monoisotopic (exact) mass is 476 g/mol. The molecule has 0 aromatic heterocycles. The van der Waals surface area contributed by atoms with Crippen LogP contribution in [0, 0.1) is 0 Å². The molecular weight excluding hydrogens is 452 g/mol. The smallest absolute Gasteiger partial charge is 0.264 e. The number of nitrogens with zero attached hydrogens (tertiary/aromatic N) is 1. The number of nitrogens with one attached hydrogen (secondary N) is 1. The van der Waals surface area contributed by atoms with Crippen molar-refractivity contribution in [3.05, 3.63) is 99.4 Å². The summed E-state index contributed by atoms with van der Waals surface area (Å²) in [6.45, 7) is 2.66. The van der Waals surface area contributed by atoms with Gasteiger partial charge in [0.2, 0.25) is 0 Å². The molecule has 3 aromatic rings. The summed E-state index contributed by atoms with van der Waals surface area (Å²) >= 11 is 7.26. The number of aryl methyl sites for hydroxylation is 1. The van der Waals surface area contributed by atoms with E-state index in [1.165, 1.54) is 30.2 Å². The molecule has 3 aromatic carbocycles. The van der Waals surface area contributed by atoms with Gasteiger partial charge in [-0.05, 0) is 83.8 Å². The molecule has 4 rings (SSSR count). The molecule has 1 aliphatic heterocycles. The van der Waals surface area contributed by atoms with Crippen molar-refractivity contribution >= 4 is 46.2 Å². The molecule has 1 saturated heterocycles. The van der Waals surface area contributed by atoms with E-state index < -0.39 is 0 Å². The lowest BCUT2D eigenvalue weighted by Gasteiger charge is -2.06. The average Bonchev–Trinajstić information content (AvgIpc) is 3.17. The largest absolute Gasteiger partial charge is 0.489 e. The lowest BCUT2D eigenvalue weighted by molar-refractivity contribution is -0.115. The van der Waals surface area contributed by atoms with Crippen LogP contribution in [0.3, 0.4) is 0 Å². The molecule has 1 heterocycles. The van der Waals surface area contributed by atoms with Crippen LogP contribution in [0.25, 0.3) is 6.08 Å². The maximum Gasteiger partial charge on any atom is 0.264 e. The van der Waals surface area contributed by atoms with Crippen LogP contribution in [0.15, 0.2) is 82.7 Å². The van der Waals surface area contributed by atoms with Gasteiger partial charge >= 0.3 is 0 Å². The minimum Gasteiger partial charge on any atom is -0.489 e. The van der Waals surface area contributed by atoms with Gasteiger partial charge in [0.25, 0.3) is 5.91 Å². The first kappa shape index (κ1) is 23.1. The van der Waals surface area contributed by atoms with Gasteiger partial charge < -0.3 is 10.1 Å². The molecule has 0 aliphatic carbocycles. The first-order valence-corrected chi connectivity index (χ1v) is 12.1. The van der Waals surface area contributed by atoms with Crippen molar-refractivity contribution in [3.8, 4) is 5.75 Å². The molecule has 4 nitrogen and oxygen atoms in total. The predicted octanol–water partition coefficient (Wildman–Crippen LogP) is 7.15. The van der Waals surface area contributed by atoms with Gasteiger partial charge in [-0.25, -0.2) is 4.99 Å². The third-order valence-corrected chi connectivity index (χ3v) is 6.30. The van der Waals surface area contributed by atoms with Crippen LogP contribution in [0.1, 0.15) is 36.5 Å². The van der Waals surface area contributed by atoms with Gasteiger partial charge in [0.1, 0.15) is 12.4 Å². The van der Waals surface area contributed by atoms with Crippen molar-refractivity contribution in [1.29, 1.82) is 0 Å². The van der Waals surface area contributed by atoms with Gasteiger partial charge in [0, 0.05) is 5.02 Å². The molecule has 0 atom stereocenters. The highest BCUT2D eigenvalue weighted by Crippen LogP contribution is 2.28. The zero-order chi connectivity index (χ0) is 23.0. The van der Waals surface area contributed by atoms with Crippen LogP contribution in [-0.4, -0.2) is 11.1 Å². The Balaban J connectivity index is 1.36. The number of unbranched alkanes of at least 4 members (excludes halogenated alkanes) is 1. The van der Waals surface area contributed by atoms with E-state index in [4.69, 9.17) is 16.3 Å². The van der Waals surface area contributed by atoms with Gasteiger partial charge in [0.15, 0.2) is 5.17 Å². The quantitative estimate of drug-likeness (QED) is 0.351. The van der Waals surface area contributed by atoms with Crippen molar-refractivity contribution < 1.29 is 9.53 Å². The molecule has 0 saturated carbocycles. The summed E-state index contributed by atoms with van der Waals surface area (Å²) in [5, 5.41) is 4.15. The van der Waals surface area contributed by atoms with Gasteiger partial charge in [-0.3, -0.25) is 4.79 Å². The molecular formula is C27H25ClN2O2S. The number of amides is 1. The number of rotatable bonds is 8. The number of hydrogen-bond donors (Lipinski definition) is 1. The second kappa shape index (κ2) is 11.2. The highest BCUT2D eigenvalue weighted by atomic mass is 35.5. The summed E-state index contributed by atoms with van der Waals surface area (Å²) < 4.78 is 5.82. The maximum absolute atomic E-state index is 12.4. The van der Waals surface area contributed by atoms with Crippen molar-refractivity contribution in [1.82, 2.24) is 5.32 Å². The number of halogens is 1. The maximum atomic E-state index is 12.4. The standard InChI is InChI=1S/C27H25ClN2O2S/c1-2-3-4-19-7-13-23(14-8-19)29-27-30-26(31)25(33-27)17-20-9-15-24(16-10-20)32-18-21-5-11-22(28)12-6-21/h5-17H,2-4,18H2,1H3,(H,29,30,31). The molecule has 0 bridgehead atoms. The highest BCUT2D eigenvalue weighted by Gasteiger charge is 2.23. The van der Waals surface area contributed by atoms with E-state index in [9.17, 15) is 4.79 Å². The summed E-state index contributed by atoms with van der Waals surface area (Å²) in [6.07, 6.45) is 5.31. The van der Waals surface area contributed by atoms with E-state index in [-0.39, 0.29) is 5.91 Å². The lowest BCUT2D eigenvalue weighted by atomic mass is 10.1. The molecule has 168 valence electrons. The summed E-state index contributed by atoms with van der Waals surface area (Å²) in [7, 11) is 0. The van der Waals surface area contributed by atoms with Crippen molar-refractivity contribution in [3.63, 3.8) is 0 Å². The van der Waals surface area contributed by atoms with Crippen molar-refractivity contribution in [2.24, 2.45) is 4.99 Å². The van der Waals surface area contributed by atoms with Crippen LogP contribution in [-0.2, 0) is 17.8 Å². The van der Waals surface area contributed by atoms with Crippen LogP contribution in [0.5, 0.6) is 5.75 Å². The Morgan fingerprint density at radius 2 is 1.67 bits per heavy atom. The molecule has 33 heavy (non-hydrogen) atoms. The van der Waals surface area contributed by atoms with E-state index in [0.29, 0.717) is 21.7 Å². The van der Waals surface area contributed by atoms with Crippen LogP contribution >= 0.6 is 23.4 Å². The molecule has 0 radical (unpaired) electrons. The average molecular weight is 477 g/mol. The van der Waals surface area contributed by atoms with Gasteiger partial charge in [-0.15, -0.1) is 0 Å². The summed E-state index contributed by atoms with van der Waals surface area (Å²) in [5.41, 5.74) is 4.12. The number of benzene rings is 3. The van der Waals surface area contributed by atoms with Crippen LogP contribution in [0.4, 0.5) is 5.69 Å². The first-order chi connectivity index (χ1) is 16.1. The number of thioether (sulfide) groups is 1. The third-order valence-electron chi connectivity index (χ3n) is 5.13. The number of aliphatic imine (C=N–C) groups is 1. The van der Waals surface area contributed by atoms with Gasteiger partial charge in [-0.1, -0.05) is 61.3 Å². The number of amidine groups is 1. The summed E-state index contributed by atoms with van der Waals surface area (Å²) in [5.74, 6) is 0.627. The van der Waals surface area contributed by atoms with Crippen LogP contribution < -0.4 is 10.1 Å². The Bertz CT molecular complexity index is 1150. The van der Waals surface area contributed by atoms with E-state index in [1.54, 1.807) is 0 Å². The molecule has 1 N–H and O–H groups in total. The van der Waals surface area contributed by atoms with E-state index in [2.05, 4.69) is 29.4 Å². The second-order valence-corrected chi connectivity index (χ2v) is 9.20. The SMILES string of the molecule is CCCCc1ccc(N=C2NC(=O)C(=Cc3ccc(OCc4ccc(Cl)cc4)cc3)S2)cc1. The highest BCUT2D eigenvalue weighted by molar-refractivity contribution is 8.18. The van der Waals surface area contributed by atoms with E-state index >= 15 is 0 Å². The zero-order valence-electron chi connectivity index (χ0n) is 18.4. The summed E-state index contributed by atoms with van der Waals surface area (Å²) in [6, 6.07) is 23.4. The third kappa shape index (κ3) is 6.73. The number of ether oxygens (including phenoxy) is 1. The molecule has 1 aliphatic rings. The number of carbonyl (C=O) groups excluding carboxylic acids is 1. The molecule has 0 spiro atoms. The first-order valence-electron chi connectivity index (χ1n) is 10.9. The minimum absolute atomic E-state index is 0.138. The number of hydrogen-bond acceptors (Lipinski definition) is 4. The Morgan fingerprint density at radius 3 is 2.36 bits per heavy atom. The zero-order valence-corrected chi connectivity index (χ0v) is 20.0. The fourth-order valence-electron chi connectivity index (χ4n) is 3.27. The van der Waals surface area contributed by atoms with E-state index in [0.717, 1.165) is 29.0 Å². The molecule has 1 amide bonds. The Morgan fingerprint density at radius 1 is 0.970 bits per heavy atom. The van der Waals surface area contributed by atoms with Crippen molar-refractivity contribution in [2.45, 2.75) is 32.8 Å². The predicted molar refractivity (Wildman–Crippen MR) is 138 cm³/mol. The summed E-state index contributed by atoms with van der Waals surface area (Å²) in [4.78, 5) is 17.6. The lowest BCUT2D eigenvalue weighted by Crippen LogP contribution is -2.19. The minimum atomic E-state index is -0.138. The molecule has 6 heteroatoms. The Hall–Kier alpha value is -3.02. The van der Waals surface area contributed by atoms with E-state index in [1.807, 2.05) is 66.7 Å². The van der Waals surface area contributed by atoms with Gasteiger partial charge in [-0.2, -0.15) is 0 Å². The van der Waals surface area contributed by atoms with Crippen LogP contribution in [0.2, 0.25) is 5.02 Å². The Labute approximate surface area is 203 Å². The van der Waals surface area contributed by atoms with Gasteiger partial charge in [0.05, 0.1) is 10.6 Å². The molecule has 1 fully saturated rings.